The summed E-state index contributed by atoms with van der Waals surface area (Å²) in [5, 5.41) is 14.8. The van der Waals surface area contributed by atoms with Gasteiger partial charge in [0.05, 0.1) is 16.5 Å². The number of halogens is 1. The van der Waals surface area contributed by atoms with Gasteiger partial charge >= 0.3 is 6.09 Å². The van der Waals surface area contributed by atoms with Crippen molar-refractivity contribution < 1.29 is 23.2 Å². The van der Waals surface area contributed by atoms with Crippen molar-refractivity contribution in [3.8, 4) is 23.5 Å². The zero-order chi connectivity index (χ0) is 35.9. The van der Waals surface area contributed by atoms with Crippen LogP contribution in [0.4, 0.5) is 20.7 Å². The molecular formula is C38H47FN8O4. The predicted molar refractivity (Wildman–Crippen MR) is 188 cm³/mol. The van der Waals surface area contributed by atoms with Crippen molar-refractivity contribution in [2.75, 3.05) is 43.9 Å². The fourth-order valence-corrected chi connectivity index (χ4v) is 9.13. The van der Waals surface area contributed by atoms with E-state index in [1.165, 1.54) is 0 Å². The molecule has 5 aliphatic rings. The molecule has 51 heavy (non-hydrogen) atoms. The van der Waals surface area contributed by atoms with E-state index in [-0.39, 0.29) is 23.8 Å². The van der Waals surface area contributed by atoms with Gasteiger partial charge in [-0.15, -0.1) is 0 Å². The Bertz CT molecular complexity index is 1910. The Hall–Kier alpha value is -4.44. The van der Waals surface area contributed by atoms with Crippen LogP contribution in [0.5, 0.6) is 5.88 Å². The molecule has 1 saturated carbocycles. The number of rotatable bonds is 5. The molecule has 0 bridgehead atoms. The number of hydrogen-bond acceptors (Lipinski definition) is 11. The van der Waals surface area contributed by atoms with E-state index in [1.54, 1.807) is 0 Å². The third kappa shape index (κ3) is 5.76. The van der Waals surface area contributed by atoms with Gasteiger partial charge in [0.1, 0.15) is 29.8 Å². The molecule has 2 spiro atoms. The number of likely N-dealkylation sites (N-methyl/N-ethyl adjacent to an activating group) is 1. The van der Waals surface area contributed by atoms with Crippen molar-refractivity contribution >= 4 is 17.6 Å². The fraction of sp³-hybridized carbons (Fsp3) is 0.605. The maximum absolute atomic E-state index is 14.4. The first-order chi connectivity index (χ1) is 24.3. The highest BCUT2D eigenvalue weighted by Crippen LogP contribution is 2.54. The van der Waals surface area contributed by atoms with Gasteiger partial charge < -0.3 is 24.6 Å². The van der Waals surface area contributed by atoms with Gasteiger partial charge in [0.15, 0.2) is 17.3 Å². The van der Waals surface area contributed by atoms with E-state index in [0.29, 0.717) is 67.1 Å². The zero-order valence-electron chi connectivity index (χ0n) is 30.2. The Morgan fingerprint density at radius 3 is 2.69 bits per heavy atom. The van der Waals surface area contributed by atoms with Gasteiger partial charge in [-0.2, -0.15) is 10.2 Å². The van der Waals surface area contributed by atoms with Crippen LogP contribution in [0.2, 0.25) is 0 Å². The summed E-state index contributed by atoms with van der Waals surface area (Å²) < 4.78 is 32.9. The molecule has 270 valence electrons. The highest BCUT2D eigenvalue weighted by molar-refractivity contribution is 5.71. The van der Waals surface area contributed by atoms with E-state index < -0.39 is 17.2 Å². The number of alkyl halides is 1. The highest BCUT2D eigenvalue weighted by atomic mass is 19.1. The second kappa shape index (κ2) is 12.1. The average molecular weight is 699 g/mol. The van der Waals surface area contributed by atoms with Gasteiger partial charge in [0.25, 0.3) is 0 Å². The van der Waals surface area contributed by atoms with Crippen molar-refractivity contribution in [3.63, 3.8) is 0 Å². The predicted octanol–water partition coefficient (Wildman–Crippen LogP) is 5.55. The lowest BCUT2D eigenvalue weighted by molar-refractivity contribution is 0.0106. The smallest absolute Gasteiger partial charge is 0.410 e. The Morgan fingerprint density at radius 2 is 1.98 bits per heavy atom. The monoisotopic (exact) mass is 698 g/mol. The summed E-state index contributed by atoms with van der Waals surface area (Å²) in [5.74, 6) is 2.21. The number of hydrogen-bond donors (Lipinski definition) is 1. The van der Waals surface area contributed by atoms with Crippen LogP contribution in [0, 0.1) is 11.3 Å². The first-order valence-corrected chi connectivity index (χ1v) is 18.3. The number of ether oxygens (including phenoxy) is 2. The molecule has 1 aromatic carbocycles. The normalized spacial score (nSPS) is 25.8. The molecule has 3 aliphatic carbocycles. The summed E-state index contributed by atoms with van der Waals surface area (Å²) in [7, 11) is 1.92. The number of carbonyl (C=O) groups is 1. The number of nitriles is 1. The molecule has 4 atom stereocenters. The zero-order valence-corrected chi connectivity index (χ0v) is 30.2. The lowest BCUT2D eigenvalue weighted by Crippen LogP contribution is -2.58. The Kier molecular flexibility index (Phi) is 7.98. The Balaban J connectivity index is 1.16. The van der Waals surface area contributed by atoms with Crippen LogP contribution in [0.15, 0.2) is 22.7 Å². The largest absolute Gasteiger partial charge is 0.473 e. The number of anilines is 2. The number of nitrogen functional groups attached to an aromatic ring is 1. The lowest BCUT2D eigenvalue weighted by Gasteiger charge is -2.42. The van der Waals surface area contributed by atoms with Gasteiger partial charge in [0, 0.05) is 49.5 Å². The van der Waals surface area contributed by atoms with Crippen LogP contribution in [0.1, 0.15) is 94.2 Å². The number of likely N-dealkylation sites (tertiary alicyclic amines) is 1. The number of aryl methyl sites for hydroxylation is 1. The van der Waals surface area contributed by atoms with Crippen molar-refractivity contribution in [2.45, 2.75) is 114 Å². The lowest BCUT2D eigenvalue weighted by atomic mass is 9.68. The van der Waals surface area contributed by atoms with E-state index >= 15 is 0 Å². The number of benzene rings is 1. The summed E-state index contributed by atoms with van der Waals surface area (Å²) in [6.07, 6.45) is 4.74. The van der Waals surface area contributed by atoms with Gasteiger partial charge in [-0.1, -0.05) is 11.2 Å². The van der Waals surface area contributed by atoms with E-state index in [9.17, 15) is 14.4 Å². The average Bonchev–Trinajstić information content (AvgIpc) is 3.37. The van der Waals surface area contributed by atoms with Gasteiger partial charge in [-0.25, -0.2) is 14.2 Å². The summed E-state index contributed by atoms with van der Waals surface area (Å²) in [5.41, 5.74) is 9.53. The third-order valence-corrected chi connectivity index (χ3v) is 11.7. The molecule has 3 aromatic rings. The maximum atomic E-state index is 14.4. The molecule has 2 N–H and O–H groups in total. The minimum Gasteiger partial charge on any atom is -0.473 e. The van der Waals surface area contributed by atoms with E-state index in [2.05, 4.69) is 16.1 Å². The molecule has 1 amide bonds. The minimum atomic E-state index is -0.898. The number of nitrogens with two attached hydrogens (primary N) is 1. The number of piperazine rings is 1. The molecule has 12 nitrogen and oxygen atoms in total. The van der Waals surface area contributed by atoms with Crippen LogP contribution in [-0.4, -0.2) is 93.7 Å². The van der Waals surface area contributed by atoms with Crippen LogP contribution in [0.25, 0.3) is 11.5 Å². The van der Waals surface area contributed by atoms with E-state index in [0.717, 1.165) is 67.4 Å². The second-order valence-corrected chi connectivity index (χ2v) is 16.3. The summed E-state index contributed by atoms with van der Waals surface area (Å²) >= 11 is 0. The fourth-order valence-electron chi connectivity index (χ4n) is 9.13. The Labute approximate surface area is 298 Å². The number of nitrogens with zero attached hydrogens (tertiary/aromatic N) is 7. The minimum absolute atomic E-state index is 0.0992. The van der Waals surface area contributed by atoms with Crippen molar-refractivity contribution in [1.82, 2.24) is 24.9 Å². The molecular weight excluding hydrogens is 651 g/mol. The molecule has 8 rings (SSSR count). The second-order valence-electron chi connectivity index (χ2n) is 16.3. The molecule has 13 heteroatoms. The van der Waals surface area contributed by atoms with Crippen molar-refractivity contribution in [2.24, 2.45) is 0 Å². The summed E-state index contributed by atoms with van der Waals surface area (Å²) in [6, 6.07) is 7.98. The highest BCUT2D eigenvalue weighted by Gasteiger charge is 2.55. The molecule has 1 unspecified atom stereocenters. The maximum Gasteiger partial charge on any atom is 0.410 e. The third-order valence-electron chi connectivity index (χ3n) is 11.7. The molecule has 4 heterocycles. The molecule has 2 aromatic heterocycles. The van der Waals surface area contributed by atoms with Crippen LogP contribution < -0.4 is 15.4 Å². The van der Waals surface area contributed by atoms with Crippen LogP contribution >= 0.6 is 0 Å². The number of aromatic nitrogens is 3. The quantitative estimate of drug-likeness (QED) is 0.335. The summed E-state index contributed by atoms with van der Waals surface area (Å²) in [6.45, 7) is 9.63. The van der Waals surface area contributed by atoms with Gasteiger partial charge in [0.2, 0.25) is 5.88 Å². The number of carbonyl (C=O) groups excluding carboxylic acids is 1. The molecule has 2 saturated heterocycles. The van der Waals surface area contributed by atoms with Crippen molar-refractivity contribution in [1.29, 1.82) is 5.26 Å². The molecule has 0 radical (unpaired) electrons. The summed E-state index contributed by atoms with van der Waals surface area (Å²) in [4.78, 5) is 29.3. The van der Waals surface area contributed by atoms with Gasteiger partial charge in [-0.3, -0.25) is 9.80 Å². The van der Waals surface area contributed by atoms with Crippen molar-refractivity contribution in [3.05, 3.63) is 46.2 Å². The standard InChI is InChI=1S/C38H47FN8O4/c1-22(28-17-24(39)20-45(28)5)49-30-18-29(46-15-16-47(37(21-46)13-14-37)35(48)50-36(2,3)4)42-34(43-30)32-25-7-6-11-38(33(25)51-44-32)12-10-23-8-9-27(41)26(19-40)31(23)38/h8-9,18,22,24,28H,6-7,10-17,20-21,41H2,1-5H3/t22-,24+,28-,38?/m0/s1. The van der Waals surface area contributed by atoms with E-state index in [1.807, 2.05) is 62.7 Å². The van der Waals surface area contributed by atoms with E-state index in [4.69, 9.17) is 29.7 Å². The van der Waals surface area contributed by atoms with Gasteiger partial charge in [-0.05, 0) is 103 Å². The number of fused-ring (bicyclic) bond motifs is 4. The molecule has 2 aliphatic heterocycles. The Morgan fingerprint density at radius 1 is 1.18 bits per heavy atom. The number of amides is 1. The van der Waals surface area contributed by atoms with Crippen LogP contribution in [-0.2, 0) is 23.0 Å². The first kappa shape index (κ1) is 33.7. The topological polar surface area (TPSA) is 147 Å². The molecule has 3 fully saturated rings. The van der Waals surface area contributed by atoms with Crippen LogP contribution in [0.3, 0.4) is 0 Å². The SMILES string of the molecule is C[C@H](Oc1cc(N2CCN(C(=O)OC(C)(C)C)C3(CC3)C2)nc(-c2noc3c2CCCC32CCc3ccc(N)c(C#N)c32)n1)[C@@H]1C[C@@H](F)CN1C. The first-order valence-electron chi connectivity index (χ1n) is 18.3.